The van der Waals surface area contributed by atoms with E-state index in [0.29, 0.717) is 18.1 Å². The lowest BCUT2D eigenvalue weighted by molar-refractivity contribution is -0.129. The van der Waals surface area contributed by atoms with Gasteiger partial charge in [0.2, 0.25) is 11.8 Å². The quantitative estimate of drug-likeness (QED) is 0.750. The number of nitrogens with zero attached hydrogens (tertiary/aromatic N) is 1. The molecule has 0 bridgehead atoms. The van der Waals surface area contributed by atoms with Crippen LogP contribution in [0.25, 0.3) is 0 Å². The molecule has 2 aromatic carbocycles. The molecule has 0 fully saturated rings. The third-order valence-electron chi connectivity index (χ3n) is 4.58. The van der Waals surface area contributed by atoms with E-state index in [2.05, 4.69) is 17.4 Å². The monoisotopic (exact) mass is 386 g/mol. The molecule has 0 saturated heterocycles. The van der Waals surface area contributed by atoms with Crippen molar-refractivity contribution in [2.45, 2.75) is 40.5 Å². The van der Waals surface area contributed by atoms with Crippen molar-refractivity contribution in [1.29, 1.82) is 0 Å². The Morgan fingerprint density at radius 1 is 1.00 bits per heavy atom. The molecule has 1 N–H and O–H groups in total. The molecule has 0 aromatic heterocycles. The molecule has 0 spiro atoms. The van der Waals surface area contributed by atoms with Gasteiger partial charge < -0.3 is 10.2 Å². The number of rotatable bonds is 7. The summed E-state index contributed by atoms with van der Waals surface area (Å²) in [6.45, 7) is 8.53. The number of carbonyl (C=O) groups excluding carboxylic acids is 2. The second kappa shape index (κ2) is 9.56. The van der Waals surface area contributed by atoms with Crippen LogP contribution < -0.4 is 5.32 Å². The standard InChI is InChI=1S/C22H27ClN2O2/c1-15-13-16(2)22(17(3)14-15)24-21(27)10-12-25(18(4)26)11-9-19-5-7-20(23)8-6-19/h5-8,13-14H,9-12H2,1-4H3,(H,24,27). The van der Waals surface area contributed by atoms with Gasteiger partial charge in [-0.1, -0.05) is 41.4 Å². The van der Waals surface area contributed by atoms with Crippen LogP contribution >= 0.6 is 11.6 Å². The second-order valence-corrected chi connectivity index (χ2v) is 7.39. The van der Waals surface area contributed by atoms with Gasteiger partial charge in [0.05, 0.1) is 0 Å². The van der Waals surface area contributed by atoms with E-state index in [-0.39, 0.29) is 18.2 Å². The minimum Gasteiger partial charge on any atom is -0.342 e. The first kappa shape index (κ1) is 21.0. The summed E-state index contributed by atoms with van der Waals surface area (Å²) < 4.78 is 0. The van der Waals surface area contributed by atoms with E-state index in [4.69, 9.17) is 11.6 Å². The van der Waals surface area contributed by atoms with Crippen LogP contribution in [0.1, 0.15) is 35.6 Å². The van der Waals surface area contributed by atoms with Crippen LogP contribution in [-0.2, 0) is 16.0 Å². The molecule has 0 aliphatic heterocycles. The Morgan fingerprint density at radius 2 is 1.59 bits per heavy atom. The van der Waals surface area contributed by atoms with Crippen LogP contribution in [0, 0.1) is 20.8 Å². The zero-order chi connectivity index (χ0) is 20.0. The van der Waals surface area contributed by atoms with Crippen molar-refractivity contribution in [3.05, 3.63) is 63.7 Å². The Morgan fingerprint density at radius 3 is 2.15 bits per heavy atom. The molecule has 0 aliphatic rings. The van der Waals surface area contributed by atoms with Crippen molar-refractivity contribution in [1.82, 2.24) is 4.90 Å². The van der Waals surface area contributed by atoms with Gasteiger partial charge in [-0.05, 0) is 56.0 Å². The summed E-state index contributed by atoms with van der Waals surface area (Å²) >= 11 is 5.90. The van der Waals surface area contributed by atoms with Crippen LogP contribution in [0.15, 0.2) is 36.4 Å². The van der Waals surface area contributed by atoms with Crippen molar-refractivity contribution in [2.75, 3.05) is 18.4 Å². The van der Waals surface area contributed by atoms with E-state index in [1.54, 1.807) is 4.90 Å². The SMILES string of the molecule is CC(=O)N(CCC(=O)Nc1c(C)cc(C)cc1C)CCc1ccc(Cl)cc1. The highest BCUT2D eigenvalue weighted by atomic mass is 35.5. The van der Waals surface area contributed by atoms with Crippen LogP contribution in [0.2, 0.25) is 5.02 Å². The maximum atomic E-state index is 12.4. The first-order chi connectivity index (χ1) is 12.8. The molecular weight excluding hydrogens is 360 g/mol. The number of carbonyl (C=O) groups is 2. The topological polar surface area (TPSA) is 49.4 Å². The van der Waals surface area contributed by atoms with E-state index in [9.17, 15) is 9.59 Å². The molecule has 2 aromatic rings. The maximum absolute atomic E-state index is 12.4. The Labute approximate surface area is 166 Å². The largest absolute Gasteiger partial charge is 0.342 e. The summed E-state index contributed by atoms with van der Waals surface area (Å²) in [5, 5.41) is 3.68. The minimum atomic E-state index is -0.0807. The van der Waals surface area contributed by atoms with Crippen molar-refractivity contribution in [2.24, 2.45) is 0 Å². The fourth-order valence-electron chi connectivity index (χ4n) is 3.16. The van der Waals surface area contributed by atoms with Gasteiger partial charge in [-0.3, -0.25) is 9.59 Å². The van der Waals surface area contributed by atoms with Gasteiger partial charge in [0.1, 0.15) is 0 Å². The van der Waals surface area contributed by atoms with Gasteiger partial charge in [-0.25, -0.2) is 0 Å². The highest BCUT2D eigenvalue weighted by Gasteiger charge is 2.13. The van der Waals surface area contributed by atoms with Crippen LogP contribution in [0.4, 0.5) is 5.69 Å². The van der Waals surface area contributed by atoms with Crippen molar-refractivity contribution in [3.63, 3.8) is 0 Å². The molecule has 5 heteroatoms. The van der Waals surface area contributed by atoms with Gasteiger partial charge in [0, 0.05) is 37.1 Å². The summed E-state index contributed by atoms with van der Waals surface area (Å²) in [7, 11) is 0. The lowest BCUT2D eigenvalue weighted by Gasteiger charge is -2.21. The molecule has 0 heterocycles. The number of hydrogen-bond acceptors (Lipinski definition) is 2. The second-order valence-electron chi connectivity index (χ2n) is 6.95. The van der Waals surface area contributed by atoms with Crippen molar-refractivity contribution in [3.8, 4) is 0 Å². The van der Waals surface area contributed by atoms with Gasteiger partial charge >= 0.3 is 0 Å². The molecule has 0 radical (unpaired) electrons. The molecule has 0 unspecified atom stereocenters. The third-order valence-corrected chi connectivity index (χ3v) is 4.83. The number of benzene rings is 2. The number of nitrogens with one attached hydrogen (secondary N) is 1. The molecule has 27 heavy (non-hydrogen) atoms. The first-order valence-electron chi connectivity index (χ1n) is 9.14. The smallest absolute Gasteiger partial charge is 0.226 e. The molecule has 2 rings (SSSR count). The fourth-order valence-corrected chi connectivity index (χ4v) is 3.28. The predicted octanol–water partition coefficient (Wildman–Crippen LogP) is 4.69. The Kier molecular flexibility index (Phi) is 7.43. The third kappa shape index (κ3) is 6.40. The predicted molar refractivity (Wildman–Crippen MR) is 111 cm³/mol. The van der Waals surface area contributed by atoms with Crippen molar-refractivity contribution >= 4 is 29.1 Å². The first-order valence-corrected chi connectivity index (χ1v) is 9.51. The highest BCUT2D eigenvalue weighted by Crippen LogP contribution is 2.22. The summed E-state index contributed by atoms with van der Waals surface area (Å²) in [6, 6.07) is 11.7. The molecule has 144 valence electrons. The van der Waals surface area contributed by atoms with Crippen LogP contribution in [0.3, 0.4) is 0 Å². The number of anilines is 1. The molecule has 0 saturated carbocycles. The lowest BCUT2D eigenvalue weighted by Crippen LogP contribution is -2.33. The van der Waals surface area contributed by atoms with Gasteiger partial charge in [0.25, 0.3) is 0 Å². The van der Waals surface area contributed by atoms with E-state index >= 15 is 0 Å². The van der Waals surface area contributed by atoms with Gasteiger partial charge in [0.15, 0.2) is 0 Å². The number of halogens is 1. The highest BCUT2D eigenvalue weighted by molar-refractivity contribution is 6.30. The summed E-state index contributed by atoms with van der Waals surface area (Å²) in [6.07, 6.45) is 1.00. The maximum Gasteiger partial charge on any atom is 0.226 e. The average molecular weight is 387 g/mol. The van der Waals surface area contributed by atoms with Crippen molar-refractivity contribution < 1.29 is 9.59 Å². The zero-order valence-corrected chi connectivity index (χ0v) is 17.2. The number of hydrogen-bond donors (Lipinski definition) is 1. The van der Waals surface area contributed by atoms with E-state index in [1.807, 2.05) is 45.0 Å². The zero-order valence-electron chi connectivity index (χ0n) is 16.4. The van der Waals surface area contributed by atoms with Gasteiger partial charge in [-0.15, -0.1) is 0 Å². The summed E-state index contributed by atoms with van der Waals surface area (Å²) in [4.78, 5) is 26.0. The molecule has 2 amide bonds. The number of aryl methyl sites for hydroxylation is 3. The summed E-state index contributed by atoms with van der Waals surface area (Å²) in [5.41, 5.74) is 5.24. The molecular formula is C22H27ClN2O2. The van der Waals surface area contributed by atoms with E-state index in [0.717, 1.165) is 28.8 Å². The van der Waals surface area contributed by atoms with Crippen LogP contribution in [-0.4, -0.2) is 29.8 Å². The fraction of sp³-hybridized carbons (Fsp3) is 0.364. The number of amides is 2. The summed E-state index contributed by atoms with van der Waals surface area (Å²) in [5.74, 6) is -0.109. The minimum absolute atomic E-state index is 0.0283. The normalized spacial score (nSPS) is 10.6. The Hall–Kier alpha value is -2.33. The lowest BCUT2D eigenvalue weighted by atomic mass is 10.0. The van der Waals surface area contributed by atoms with E-state index < -0.39 is 0 Å². The average Bonchev–Trinajstić information content (AvgIpc) is 2.59. The molecule has 4 nitrogen and oxygen atoms in total. The Balaban J connectivity index is 1.90. The van der Waals surface area contributed by atoms with E-state index in [1.165, 1.54) is 12.5 Å². The van der Waals surface area contributed by atoms with Gasteiger partial charge in [-0.2, -0.15) is 0 Å². The molecule has 0 aliphatic carbocycles. The molecule has 0 atom stereocenters. The van der Waals surface area contributed by atoms with Crippen LogP contribution in [0.5, 0.6) is 0 Å². The Bertz CT molecular complexity index is 793.